The molecule has 122 valence electrons. The summed E-state index contributed by atoms with van der Waals surface area (Å²) in [7, 11) is 2.26. The van der Waals surface area contributed by atoms with Crippen LogP contribution >= 0.6 is 0 Å². The maximum atomic E-state index is 12.2. The molecule has 0 aromatic rings. The highest BCUT2D eigenvalue weighted by molar-refractivity contribution is 5.76. The Kier molecular flexibility index (Phi) is 6.49. The lowest BCUT2D eigenvalue weighted by Crippen LogP contribution is -2.55. The van der Waals surface area contributed by atoms with Gasteiger partial charge in [0.05, 0.1) is 0 Å². The highest BCUT2D eigenvalue weighted by atomic mass is 16.1. The molecule has 0 radical (unpaired) electrons. The number of hydrogen-bond donors (Lipinski definition) is 2. The number of nitrogens with one attached hydrogen (secondary N) is 1. The summed E-state index contributed by atoms with van der Waals surface area (Å²) >= 11 is 0. The number of hydrogen-bond acceptors (Lipinski definition) is 3. The maximum Gasteiger partial charge on any atom is 0.220 e. The van der Waals surface area contributed by atoms with Gasteiger partial charge < -0.3 is 16.0 Å². The number of carbonyl (C=O) groups excluding carboxylic acids is 1. The fourth-order valence-electron chi connectivity index (χ4n) is 4.16. The van der Waals surface area contributed by atoms with Crippen molar-refractivity contribution in [2.75, 3.05) is 13.6 Å². The van der Waals surface area contributed by atoms with Crippen LogP contribution in [0.15, 0.2) is 0 Å². The molecule has 21 heavy (non-hydrogen) atoms. The van der Waals surface area contributed by atoms with E-state index in [4.69, 9.17) is 5.73 Å². The third-order valence-corrected chi connectivity index (χ3v) is 5.64. The number of nitrogens with two attached hydrogens (primary N) is 1. The van der Waals surface area contributed by atoms with Gasteiger partial charge in [-0.2, -0.15) is 0 Å². The fraction of sp³-hybridized carbons (Fsp3) is 0.941. The maximum absolute atomic E-state index is 12.2. The number of amides is 1. The number of rotatable bonds is 7. The van der Waals surface area contributed by atoms with Gasteiger partial charge in [0.1, 0.15) is 0 Å². The van der Waals surface area contributed by atoms with Crippen molar-refractivity contribution in [3.05, 3.63) is 0 Å². The molecule has 4 heteroatoms. The lowest BCUT2D eigenvalue weighted by Gasteiger charge is -2.47. The van der Waals surface area contributed by atoms with E-state index in [-0.39, 0.29) is 5.91 Å². The number of piperidine rings is 2. The normalized spacial score (nSPS) is 30.9. The van der Waals surface area contributed by atoms with Crippen LogP contribution in [0.5, 0.6) is 0 Å². The first kappa shape index (κ1) is 16.8. The average molecular weight is 295 g/mol. The summed E-state index contributed by atoms with van der Waals surface area (Å²) < 4.78 is 0. The van der Waals surface area contributed by atoms with Crippen molar-refractivity contribution in [3.8, 4) is 0 Å². The van der Waals surface area contributed by atoms with Crippen molar-refractivity contribution in [1.29, 1.82) is 0 Å². The minimum atomic E-state index is 0.248. The first-order valence-electron chi connectivity index (χ1n) is 8.85. The molecule has 0 aromatic heterocycles. The Morgan fingerprint density at radius 1 is 1.29 bits per heavy atom. The molecule has 2 saturated heterocycles. The van der Waals surface area contributed by atoms with Crippen LogP contribution in [0.4, 0.5) is 0 Å². The van der Waals surface area contributed by atoms with Crippen molar-refractivity contribution in [2.24, 2.45) is 11.7 Å². The topological polar surface area (TPSA) is 58.4 Å². The summed E-state index contributed by atoms with van der Waals surface area (Å²) in [6.45, 7) is 2.93. The summed E-state index contributed by atoms with van der Waals surface area (Å²) in [6, 6.07) is 1.77. The van der Waals surface area contributed by atoms with E-state index >= 15 is 0 Å². The quantitative estimate of drug-likeness (QED) is 0.757. The van der Waals surface area contributed by atoms with Gasteiger partial charge in [-0.3, -0.25) is 4.79 Å². The molecule has 4 nitrogen and oxygen atoms in total. The molecule has 2 aliphatic heterocycles. The van der Waals surface area contributed by atoms with Gasteiger partial charge in [0.2, 0.25) is 5.91 Å². The van der Waals surface area contributed by atoms with Gasteiger partial charge in [-0.1, -0.05) is 19.8 Å². The molecule has 0 aliphatic carbocycles. The van der Waals surface area contributed by atoms with Gasteiger partial charge in [-0.25, -0.2) is 0 Å². The molecule has 0 saturated carbocycles. The monoisotopic (exact) mass is 295 g/mol. The van der Waals surface area contributed by atoms with Crippen molar-refractivity contribution in [1.82, 2.24) is 10.2 Å². The standard InChI is InChI=1S/C17H33N3O/c1-3-13(9-10-18)7-8-17(21)19-14-11-15-5-4-6-16(12-14)20(15)2/h13-16H,3-12,18H2,1-2H3,(H,19,21). The van der Waals surface area contributed by atoms with Crippen LogP contribution in [-0.2, 0) is 4.79 Å². The number of nitrogens with zero attached hydrogens (tertiary/aromatic N) is 1. The summed E-state index contributed by atoms with van der Waals surface area (Å²) in [5.41, 5.74) is 5.62. The molecule has 2 fully saturated rings. The minimum Gasteiger partial charge on any atom is -0.353 e. The molecule has 2 rings (SSSR count). The first-order chi connectivity index (χ1) is 10.1. The highest BCUT2D eigenvalue weighted by Crippen LogP contribution is 2.32. The van der Waals surface area contributed by atoms with Crippen molar-refractivity contribution >= 4 is 5.91 Å². The largest absolute Gasteiger partial charge is 0.353 e. The van der Waals surface area contributed by atoms with Crippen LogP contribution in [0.25, 0.3) is 0 Å². The van der Waals surface area contributed by atoms with E-state index < -0.39 is 0 Å². The Bertz CT molecular complexity index is 320. The van der Waals surface area contributed by atoms with Crippen molar-refractivity contribution in [2.45, 2.75) is 82.8 Å². The SMILES string of the molecule is CCC(CCN)CCC(=O)NC1CC2CCCC(C1)N2C. The molecular weight excluding hydrogens is 262 g/mol. The Hall–Kier alpha value is -0.610. The van der Waals surface area contributed by atoms with Crippen molar-refractivity contribution < 1.29 is 4.79 Å². The van der Waals surface area contributed by atoms with E-state index in [2.05, 4.69) is 24.2 Å². The molecule has 0 spiro atoms. The fourth-order valence-corrected chi connectivity index (χ4v) is 4.16. The smallest absolute Gasteiger partial charge is 0.220 e. The molecular formula is C17H33N3O. The van der Waals surface area contributed by atoms with E-state index in [1.165, 1.54) is 19.3 Å². The summed E-state index contributed by atoms with van der Waals surface area (Å²) in [5, 5.41) is 3.29. The van der Waals surface area contributed by atoms with Crippen LogP contribution in [0.1, 0.15) is 64.7 Å². The zero-order valence-electron chi connectivity index (χ0n) is 13.8. The second-order valence-electron chi connectivity index (χ2n) is 7.03. The molecule has 2 heterocycles. The van der Waals surface area contributed by atoms with Gasteiger partial charge in [0.15, 0.2) is 0 Å². The molecule has 0 aromatic carbocycles. The zero-order chi connectivity index (χ0) is 15.2. The first-order valence-corrected chi connectivity index (χ1v) is 8.85. The van der Waals surface area contributed by atoms with Gasteiger partial charge >= 0.3 is 0 Å². The Labute approximate surface area is 129 Å². The second kappa shape index (κ2) is 8.14. The van der Waals surface area contributed by atoms with Crippen LogP contribution < -0.4 is 11.1 Å². The summed E-state index contributed by atoms with van der Waals surface area (Å²) in [5.74, 6) is 0.857. The Morgan fingerprint density at radius 2 is 1.95 bits per heavy atom. The van der Waals surface area contributed by atoms with E-state index in [1.807, 2.05) is 0 Å². The minimum absolute atomic E-state index is 0.248. The molecule has 2 bridgehead atoms. The molecule has 2 aliphatic rings. The number of fused-ring (bicyclic) bond motifs is 2. The Morgan fingerprint density at radius 3 is 2.52 bits per heavy atom. The lowest BCUT2D eigenvalue weighted by atomic mass is 9.82. The van der Waals surface area contributed by atoms with Gasteiger partial charge in [-0.15, -0.1) is 0 Å². The highest BCUT2D eigenvalue weighted by Gasteiger charge is 2.36. The van der Waals surface area contributed by atoms with E-state index in [9.17, 15) is 4.79 Å². The van der Waals surface area contributed by atoms with Gasteiger partial charge in [0.25, 0.3) is 0 Å². The van der Waals surface area contributed by atoms with Gasteiger partial charge in [0, 0.05) is 24.5 Å². The zero-order valence-corrected chi connectivity index (χ0v) is 13.8. The summed E-state index contributed by atoms with van der Waals surface area (Å²) in [4.78, 5) is 14.7. The van der Waals surface area contributed by atoms with Crippen molar-refractivity contribution in [3.63, 3.8) is 0 Å². The van der Waals surface area contributed by atoms with Crippen LogP contribution in [0.3, 0.4) is 0 Å². The molecule has 1 amide bonds. The molecule has 3 unspecified atom stereocenters. The Balaban J connectivity index is 1.73. The third-order valence-electron chi connectivity index (χ3n) is 5.64. The molecule has 3 N–H and O–H groups in total. The summed E-state index contributed by atoms with van der Waals surface area (Å²) in [6.07, 6.45) is 10.1. The lowest BCUT2D eigenvalue weighted by molar-refractivity contribution is -0.122. The number of carbonyl (C=O) groups is 1. The molecule has 3 atom stereocenters. The van der Waals surface area contributed by atoms with Crippen LogP contribution in [0.2, 0.25) is 0 Å². The van der Waals surface area contributed by atoms with E-state index in [1.54, 1.807) is 0 Å². The predicted octanol–water partition coefficient (Wildman–Crippen LogP) is 2.27. The van der Waals surface area contributed by atoms with E-state index in [0.29, 0.717) is 30.5 Å². The average Bonchev–Trinajstić information content (AvgIpc) is 2.44. The van der Waals surface area contributed by atoms with Crippen LogP contribution in [-0.4, -0.2) is 42.5 Å². The third kappa shape index (κ3) is 4.68. The van der Waals surface area contributed by atoms with E-state index in [0.717, 1.165) is 38.6 Å². The second-order valence-corrected chi connectivity index (χ2v) is 7.03. The van der Waals surface area contributed by atoms with Crippen LogP contribution in [0, 0.1) is 5.92 Å². The predicted molar refractivity (Wildman–Crippen MR) is 87.0 cm³/mol. The van der Waals surface area contributed by atoms with Gasteiger partial charge in [-0.05, 0) is 58.0 Å².